The highest BCUT2D eigenvalue weighted by molar-refractivity contribution is 5.85. The minimum Gasteiger partial charge on any atom is -0.314 e. The molecule has 102 valence electrons. The van der Waals surface area contributed by atoms with Gasteiger partial charge in [-0.15, -0.1) is 12.4 Å². The largest absolute Gasteiger partial charge is 0.314 e. The summed E-state index contributed by atoms with van der Waals surface area (Å²) in [4.78, 5) is 2.36. The van der Waals surface area contributed by atoms with Crippen molar-refractivity contribution in [3.8, 4) is 0 Å². The SMILES string of the molecule is C[C@@H]1CNCCN1CC1CCCC(F)(F)C1.Cl. The number of hydrogen-bond donors (Lipinski definition) is 1. The Morgan fingerprint density at radius 3 is 2.82 bits per heavy atom. The van der Waals surface area contributed by atoms with Crippen LogP contribution in [0.3, 0.4) is 0 Å². The first kappa shape index (κ1) is 15.1. The molecule has 0 aromatic heterocycles. The summed E-state index contributed by atoms with van der Waals surface area (Å²) >= 11 is 0. The maximum Gasteiger partial charge on any atom is 0.248 e. The predicted molar refractivity (Wildman–Crippen MR) is 68.1 cm³/mol. The van der Waals surface area contributed by atoms with Crippen molar-refractivity contribution >= 4 is 12.4 Å². The van der Waals surface area contributed by atoms with Crippen molar-refractivity contribution in [3.05, 3.63) is 0 Å². The maximum absolute atomic E-state index is 13.3. The van der Waals surface area contributed by atoms with Gasteiger partial charge in [0, 0.05) is 45.1 Å². The molecule has 5 heteroatoms. The van der Waals surface area contributed by atoms with E-state index in [-0.39, 0.29) is 31.2 Å². The summed E-state index contributed by atoms with van der Waals surface area (Å²) in [6.45, 7) is 6.02. The van der Waals surface area contributed by atoms with Gasteiger partial charge in [0.1, 0.15) is 0 Å². The van der Waals surface area contributed by atoms with Crippen LogP contribution in [-0.4, -0.2) is 43.0 Å². The van der Waals surface area contributed by atoms with Crippen molar-refractivity contribution in [2.45, 2.75) is 44.6 Å². The highest BCUT2D eigenvalue weighted by Gasteiger charge is 2.37. The molecule has 0 amide bonds. The molecule has 1 aliphatic heterocycles. The quantitative estimate of drug-likeness (QED) is 0.828. The zero-order valence-corrected chi connectivity index (χ0v) is 11.2. The molecule has 2 aliphatic rings. The highest BCUT2D eigenvalue weighted by atomic mass is 35.5. The van der Waals surface area contributed by atoms with Crippen LogP contribution in [0.2, 0.25) is 0 Å². The Hall–Kier alpha value is 0.0700. The van der Waals surface area contributed by atoms with Crippen molar-refractivity contribution < 1.29 is 8.78 Å². The first-order chi connectivity index (χ1) is 7.57. The van der Waals surface area contributed by atoms with E-state index in [0.717, 1.165) is 32.6 Å². The van der Waals surface area contributed by atoms with Gasteiger partial charge in [0.2, 0.25) is 5.92 Å². The van der Waals surface area contributed by atoms with Gasteiger partial charge in [0.05, 0.1) is 0 Å². The Morgan fingerprint density at radius 1 is 1.41 bits per heavy atom. The third-order valence-corrected chi connectivity index (χ3v) is 3.87. The van der Waals surface area contributed by atoms with Gasteiger partial charge in [-0.1, -0.05) is 0 Å². The lowest BCUT2D eigenvalue weighted by atomic mass is 9.86. The lowest BCUT2D eigenvalue weighted by Gasteiger charge is -2.38. The van der Waals surface area contributed by atoms with E-state index in [4.69, 9.17) is 0 Å². The Labute approximate surface area is 109 Å². The van der Waals surface area contributed by atoms with Gasteiger partial charge in [-0.25, -0.2) is 8.78 Å². The van der Waals surface area contributed by atoms with Crippen LogP contribution in [0.4, 0.5) is 8.78 Å². The second-order valence-corrected chi connectivity index (χ2v) is 5.37. The first-order valence-electron chi connectivity index (χ1n) is 6.39. The number of alkyl halides is 2. The molecule has 0 aromatic rings. The number of nitrogens with one attached hydrogen (secondary N) is 1. The summed E-state index contributed by atoms with van der Waals surface area (Å²) in [7, 11) is 0. The average Bonchev–Trinajstić information content (AvgIpc) is 2.20. The topological polar surface area (TPSA) is 15.3 Å². The van der Waals surface area contributed by atoms with Gasteiger partial charge in [-0.2, -0.15) is 0 Å². The molecule has 0 radical (unpaired) electrons. The van der Waals surface area contributed by atoms with Gasteiger partial charge in [0.25, 0.3) is 0 Å². The van der Waals surface area contributed by atoms with Gasteiger partial charge < -0.3 is 5.32 Å². The molecular weight excluding hydrogens is 246 g/mol. The Kier molecular flexibility index (Phi) is 5.61. The Morgan fingerprint density at radius 2 is 2.18 bits per heavy atom. The minimum absolute atomic E-state index is 0. The van der Waals surface area contributed by atoms with E-state index < -0.39 is 5.92 Å². The average molecular weight is 269 g/mol. The third-order valence-electron chi connectivity index (χ3n) is 3.87. The van der Waals surface area contributed by atoms with Crippen LogP contribution in [0.1, 0.15) is 32.6 Å². The van der Waals surface area contributed by atoms with Crippen LogP contribution in [0.5, 0.6) is 0 Å². The zero-order chi connectivity index (χ0) is 11.6. The maximum atomic E-state index is 13.3. The monoisotopic (exact) mass is 268 g/mol. The third kappa shape index (κ3) is 4.34. The van der Waals surface area contributed by atoms with Gasteiger partial charge in [-0.05, 0) is 25.7 Å². The van der Waals surface area contributed by atoms with E-state index in [9.17, 15) is 8.78 Å². The molecule has 1 N–H and O–H groups in total. The lowest BCUT2D eigenvalue weighted by molar-refractivity contribution is -0.0589. The van der Waals surface area contributed by atoms with E-state index >= 15 is 0 Å². The molecule has 2 fully saturated rings. The Bertz CT molecular complexity index is 239. The molecule has 1 heterocycles. The standard InChI is InChI=1S/C12H22F2N2.ClH/c1-10-8-15-5-6-16(10)9-11-3-2-4-12(13,14)7-11;/h10-11,15H,2-9H2,1H3;1H/t10-,11?;/m1./s1. The fourth-order valence-electron chi connectivity index (χ4n) is 2.92. The lowest BCUT2D eigenvalue weighted by Crippen LogP contribution is -2.51. The van der Waals surface area contributed by atoms with Crippen molar-refractivity contribution in [2.75, 3.05) is 26.2 Å². The molecule has 0 bridgehead atoms. The fraction of sp³-hybridized carbons (Fsp3) is 1.00. The van der Waals surface area contributed by atoms with E-state index in [1.54, 1.807) is 0 Å². The normalized spacial score (nSPS) is 34.1. The van der Waals surface area contributed by atoms with Crippen LogP contribution in [0.25, 0.3) is 0 Å². The number of halogens is 3. The number of piperazine rings is 1. The molecule has 2 atom stereocenters. The molecule has 1 saturated heterocycles. The molecule has 0 aromatic carbocycles. The number of nitrogens with zero attached hydrogens (tertiary/aromatic N) is 1. The van der Waals surface area contributed by atoms with E-state index in [0.29, 0.717) is 12.5 Å². The molecule has 1 aliphatic carbocycles. The van der Waals surface area contributed by atoms with Crippen LogP contribution in [0, 0.1) is 5.92 Å². The minimum atomic E-state index is -2.40. The smallest absolute Gasteiger partial charge is 0.248 e. The second kappa shape index (κ2) is 6.30. The van der Waals surface area contributed by atoms with Crippen molar-refractivity contribution in [3.63, 3.8) is 0 Å². The molecule has 17 heavy (non-hydrogen) atoms. The van der Waals surface area contributed by atoms with E-state index in [2.05, 4.69) is 17.1 Å². The summed E-state index contributed by atoms with van der Waals surface area (Å²) in [5, 5.41) is 3.33. The zero-order valence-electron chi connectivity index (χ0n) is 10.4. The first-order valence-corrected chi connectivity index (χ1v) is 6.39. The van der Waals surface area contributed by atoms with Gasteiger partial charge >= 0.3 is 0 Å². The summed E-state index contributed by atoms with van der Waals surface area (Å²) in [5.74, 6) is -2.20. The van der Waals surface area contributed by atoms with Crippen LogP contribution >= 0.6 is 12.4 Å². The van der Waals surface area contributed by atoms with Crippen LogP contribution in [-0.2, 0) is 0 Å². The Balaban J connectivity index is 0.00000144. The second-order valence-electron chi connectivity index (χ2n) is 5.37. The molecule has 2 rings (SSSR count). The molecule has 2 nitrogen and oxygen atoms in total. The predicted octanol–water partition coefficient (Wildman–Crippen LogP) is 2.53. The van der Waals surface area contributed by atoms with Gasteiger partial charge in [0.15, 0.2) is 0 Å². The van der Waals surface area contributed by atoms with Crippen molar-refractivity contribution in [1.29, 1.82) is 0 Å². The van der Waals surface area contributed by atoms with Crippen LogP contribution < -0.4 is 5.32 Å². The summed E-state index contributed by atoms with van der Waals surface area (Å²) in [5.41, 5.74) is 0. The van der Waals surface area contributed by atoms with Crippen LogP contribution in [0.15, 0.2) is 0 Å². The number of hydrogen-bond acceptors (Lipinski definition) is 2. The summed E-state index contributed by atoms with van der Waals surface area (Å²) < 4.78 is 26.6. The van der Waals surface area contributed by atoms with Crippen molar-refractivity contribution in [2.24, 2.45) is 5.92 Å². The molecule has 1 saturated carbocycles. The molecule has 1 unspecified atom stereocenters. The summed E-state index contributed by atoms with van der Waals surface area (Å²) in [6, 6.07) is 0.490. The van der Waals surface area contributed by atoms with Crippen molar-refractivity contribution in [1.82, 2.24) is 10.2 Å². The number of rotatable bonds is 2. The highest BCUT2D eigenvalue weighted by Crippen LogP contribution is 2.37. The summed E-state index contributed by atoms with van der Waals surface area (Å²) in [6.07, 6.45) is 1.87. The molecular formula is C12H23ClF2N2. The fourth-order valence-corrected chi connectivity index (χ4v) is 2.92. The van der Waals surface area contributed by atoms with Gasteiger partial charge in [-0.3, -0.25) is 4.90 Å². The van der Waals surface area contributed by atoms with E-state index in [1.807, 2.05) is 0 Å². The van der Waals surface area contributed by atoms with E-state index in [1.165, 1.54) is 0 Å². The molecule has 0 spiro atoms.